The maximum Gasteiger partial charge on any atom is 0.119 e. The van der Waals surface area contributed by atoms with Crippen LogP contribution in [0.15, 0.2) is 24.3 Å². The molecule has 0 aliphatic carbocycles. The van der Waals surface area contributed by atoms with Crippen LogP contribution < -0.4 is 4.74 Å². The van der Waals surface area contributed by atoms with E-state index >= 15 is 0 Å². The first-order valence-corrected chi connectivity index (χ1v) is 7.03. The summed E-state index contributed by atoms with van der Waals surface area (Å²) in [6, 6.07) is 6.92. The molecule has 1 aromatic carbocycles. The van der Waals surface area contributed by atoms with Crippen LogP contribution in [-0.4, -0.2) is 11.7 Å². The zero-order chi connectivity index (χ0) is 13.4. The molecule has 0 saturated heterocycles. The highest BCUT2D eigenvalue weighted by Gasteiger charge is 2.05. The molecule has 0 bridgehead atoms. The van der Waals surface area contributed by atoms with Crippen molar-refractivity contribution in [1.29, 1.82) is 0 Å². The van der Waals surface area contributed by atoms with E-state index in [9.17, 15) is 0 Å². The van der Waals surface area contributed by atoms with Crippen LogP contribution in [-0.2, 0) is 0 Å². The summed E-state index contributed by atoms with van der Waals surface area (Å²) >= 11 is 0. The Bertz CT molecular complexity index is 318. The van der Waals surface area contributed by atoms with Crippen molar-refractivity contribution in [2.45, 2.75) is 46.5 Å². The van der Waals surface area contributed by atoms with Crippen molar-refractivity contribution < 1.29 is 9.84 Å². The Morgan fingerprint density at radius 2 is 1.61 bits per heavy atom. The number of benzene rings is 1. The van der Waals surface area contributed by atoms with Crippen LogP contribution in [0.1, 0.15) is 46.5 Å². The summed E-state index contributed by atoms with van der Waals surface area (Å²) < 4.78 is 5.65. The summed E-state index contributed by atoms with van der Waals surface area (Å²) in [5.41, 5.74) is 0. The largest absolute Gasteiger partial charge is 0.508 e. The molecule has 0 aromatic heterocycles. The Morgan fingerprint density at radius 1 is 1.00 bits per heavy atom. The number of aromatic hydroxyl groups is 1. The van der Waals surface area contributed by atoms with Gasteiger partial charge >= 0.3 is 0 Å². The summed E-state index contributed by atoms with van der Waals surface area (Å²) in [5.74, 6) is 2.67. The van der Waals surface area contributed by atoms with Crippen molar-refractivity contribution in [3.05, 3.63) is 24.3 Å². The maximum absolute atomic E-state index is 9.16. The maximum atomic E-state index is 9.16. The molecule has 1 rings (SSSR count). The molecule has 102 valence electrons. The third kappa shape index (κ3) is 5.95. The molecule has 1 unspecified atom stereocenters. The summed E-state index contributed by atoms with van der Waals surface area (Å²) in [7, 11) is 0. The van der Waals surface area contributed by atoms with Gasteiger partial charge in [0.15, 0.2) is 0 Å². The number of ether oxygens (including phenoxy) is 1. The van der Waals surface area contributed by atoms with Crippen molar-refractivity contribution in [2.24, 2.45) is 11.8 Å². The van der Waals surface area contributed by atoms with E-state index in [-0.39, 0.29) is 5.75 Å². The minimum atomic E-state index is 0.282. The van der Waals surface area contributed by atoms with E-state index in [2.05, 4.69) is 20.8 Å². The summed E-state index contributed by atoms with van der Waals surface area (Å²) in [6.45, 7) is 7.62. The average Bonchev–Trinajstić information content (AvgIpc) is 2.38. The summed E-state index contributed by atoms with van der Waals surface area (Å²) in [6.07, 6.45) is 4.97. The van der Waals surface area contributed by atoms with Gasteiger partial charge in [-0.2, -0.15) is 0 Å². The van der Waals surface area contributed by atoms with Crippen LogP contribution in [0.3, 0.4) is 0 Å². The monoisotopic (exact) mass is 250 g/mol. The first-order chi connectivity index (χ1) is 8.61. The first kappa shape index (κ1) is 14.9. The molecule has 2 atom stereocenters. The van der Waals surface area contributed by atoms with Crippen LogP contribution in [0.2, 0.25) is 0 Å². The minimum absolute atomic E-state index is 0.282. The van der Waals surface area contributed by atoms with Crippen LogP contribution in [0.4, 0.5) is 0 Å². The van der Waals surface area contributed by atoms with Gasteiger partial charge in [0.05, 0.1) is 6.61 Å². The van der Waals surface area contributed by atoms with E-state index in [0.29, 0.717) is 0 Å². The molecule has 0 aliphatic heterocycles. The lowest BCUT2D eigenvalue weighted by Crippen LogP contribution is -2.05. The fourth-order valence-corrected chi connectivity index (χ4v) is 1.84. The molecule has 18 heavy (non-hydrogen) atoms. The number of hydrogen-bond donors (Lipinski definition) is 1. The van der Waals surface area contributed by atoms with Gasteiger partial charge in [-0.25, -0.2) is 0 Å². The molecular weight excluding hydrogens is 224 g/mol. The Morgan fingerprint density at radius 3 is 2.22 bits per heavy atom. The first-order valence-electron chi connectivity index (χ1n) is 7.03. The van der Waals surface area contributed by atoms with Gasteiger partial charge < -0.3 is 9.84 Å². The molecular formula is C16H26O2. The standard InChI is InChI=1S/C16H26O2/c1-4-13(2)5-6-14(3)11-12-18-16-9-7-15(17)8-10-16/h7-10,13-14,17H,4-6,11-12H2,1-3H3/t13?,14-/m0/s1. The van der Waals surface area contributed by atoms with Gasteiger partial charge in [-0.1, -0.05) is 40.0 Å². The second-order valence-electron chi connectivity index (χ2n) is 5.33. The van der Waals surface area contributed by atoms with Gasteiger partial charge in [-0.3, -0.25) is 0 Å². The molecule has 1 N–H and O–H groups in total. The predicted molar refractivity (Wildman–Crippen MR) is 76.1 cm³/mol. The van der Waals surface area contributed by atoms with Gasteiger partial charge in [-0.15, -0.1) is 0 Å². The third-order valence-electron chi connectivity index (χ3n) is 3.57. The Labute approximate surface area is 111 Å². The predicted octanol–water partition coefficient (Wildman–Crippen LogP) is 4.62. The molecule has 2 heteroatoms. The van der Waals surface area contributed by atoms with Gasteiger partial charge in [0.25, 0.3) is 0 Å². The SMILES string of the molecule is CCC(C)CC[C@H](C)CCOc1ccc(O)cc1. The lowest BCUT2D eigenvalue weighted by molar-refractivity contribution is 0.272. The highest BCUT2D eigenvalue weighted by Crippen LogP contribution is 2.19. The number of phenolic OH excluding ortho intramolecular Hbond substituents is 1. The van der Waals surface area contributed by atoms with E-state index in [0.717, 1.165) is 30.6 Å². The van der Waals surface area contributed by atoms with E-state index < -0.39 is 0 Å². The van der Waals surface area contributed by atoms with Gasteiger partial charge in [0.2, 0.25) is 0 Å². The highest BCUT2D eigenvalue weighted by atomic mass is 16.5. The fourth-order valence-electron chi connectivity index (χ4n) is 1.84. The molecule has 0 fully saturated rings. The number of phenols is 1. The minimum Gasteiger partial charge on any atom is -0.508 e. The second-order valence-corrected chi connectivity index (χ2v) is 5.33. The summed E-state index contributed by atoms with van der Waals surface area (Å²) in [4.78, 5) is 0. The normalized spacial score (nSPS) is 14.2. The molecule has 0 spiro atoms. The topological polar surface area (TPSA) is 29.5 Å². The van der Waals surface area contributed by atoms with Crippen LogP contribution in [0, 0.1) is 11.8 Å². The van der Waals surface area contributed by atoms with E-state index in [1.807, 2.05) is 0 Å². The van der Waals surface area contributed by atoms with Crippen molar-refractivity contribution in [1.82, 2.24) is 0 Å². The van der Waals surface area contributed by atoms with Crippen LogP contribution in [0.5, 0.6) is 11.5 Å². The molecule has 1 aromatic rings. The van der Waals surface area contributed by atoms with E-state index in [1.165, 1.54) is 19.3 Å². The van der Waals surface area contributed by atoms with Crippen molar-refractivity contribution in [3.8, 4) is 11.5 Å². The lowest BCUT2D eigenvalue weighted by Gasteiger charge is -2.14. The molecule has 2 nitrogen and oxygen atoms in total. The zero-order valence-corrected chi connectivity index (χ0v) is 11.9. The zero-order valence-electron chi connectivity index (χ0n) is 11.9. The van der Waals surface area contributed by atoms with Crippen LogP contribution >= 0.6 is 0 Å². The number of rotatable bonds is 8. The quantitative estimate of drug-likeness (QED) is 0.729. The third-order valence-corrected chi connectivity index (χ3v) is 3.57. The number of hydrogen-bond acceptors (Lipinski definition) is 2. The Hall–Kier alpha value is -1.18. The summed E-state index contributed by atoms with van der Waals surface area (Å²) in [5, 5.41) is 9.16. The highest BCUT2D eigenvalue weighted by molar-refractivity contribution is 5.29. The second kappa shape index (κ2) is 8.02. The average molecular weight is 250 g/mol. The fraction of sp³-hybridized carbons (Fsp3) is 0.625. The van der Waals surface area contributed by atoms with E-state index in [1.54, 1.807) is 24.3 Å². The Kier molecular flexibility index (Phi) is 6.63. The lowest BCUT2D eigenvalue weighted by atomic mass is 9.95. The van der Waals surface area contributed by atoms with Gasteiger partial charge in [-0.05, 0) is 42.5 Å². The smallest absolute Gasteiger partial charge is 0.119 e. The molecule has 0 saturated carbocycles. The van der Waals surface area contributed by atoms with Gasteiger partial charge in [0, 0.05) is 0 Å². The van der Waals surface area contributed by atoms with Crippen molar-refractivity contribution in [3.63, 3.8) is 0 Å². The molecule has 0 amide bonds. The Balaban J connectivity index is 2.15. The van der Waals surface area contributed by atoms with Crippen molar-refractivity contribution in [2.75, 3.05) is 6.61 Å². The van der Waals surface area contributed by atoms with Gasteiger partial charge in [0.1, 0.15) is 11.5 Å². The van der Waals surface area contributed by atoms with Crippen molar-refractivity contribution >= 4 is 0 Å². The molecule has 0 heterocycles. The van der Waals surface area contributed by atoms with Crippen LogP contribution in [0.25, 0.3) is 0 Å². The molecule has 0 aliphatic rings. The van der Waals surface area contributed by atoms with E-state index in [4.69, 9.17) is 9.84 Å². The molecule has 0 radical (unpaired) electrons.